The Morgan fingerprint density at radius 3 is 2.32 bits per heavy atom. The predicted molar refractivity (Wildman–Crippen MR) is 141 cm³/mol. The van der Waals surface area contributed by atoms with Crippen LogP contribution in [0.3, 0.4) is 0 Å². The maximum atomic E-state index is 13.5. The molecule has 0 aliphatic carbocycles. The number of carbonyl (C=O) groups excluding carboxylic acids is 1. The number of hydrogen-bond donors (Lipinski definition) is 1. The molecule has 0 aromatic heterocycles. The first-order valence-corrected chi connectivity index (χ1v) is 14.5. The average Bonchev–Trinajstić information content (AvgIpc) is 2.81. The summed E-state index contributed by atoms with van der Waals surface area (Å²) < 4.78 is 66.6. The summed E-state index contributed by atoms with van der Waals surface area (Å²) in [5.74, 6) is -0.646. The topological polar surface area (TPSA) is 79.0 Å². The summed E-state index contributed by atoms with van der Waals surface area (Å²) >= 11 is 12.4. The number of ether oxygens (including phenoxy) is 1. The van der Waals surface area contributed by atoms with Crippen LogP contribution in [0.4, 0.5) is 13.2 Å². The summed E-state index contributed by atoms with van der Waals surface area (Å²) in [5, 5.41) is 3.54. The Balaban J connectivity index is 1.73. The van der Waals surface area contributed by atoms with E-state index in [0.717, 1.165) is 0 Å². The van der Waals surface area contributed by atoms with Crippen molar-refractivity contribution >= 4 is 39.1 Å². The van der Waals surface area contributed by atoms with Crippen LogP contribution < -0.4 is 10.1 Å². The van der Waals surface area contributed by atoms with Gasteiger partial charge in [-0.3, -0.25) is 4.79 Å². The van der Waals surface area contributed by atoms with Crippen molar-refractivity contribution in [2.75, 3.05) is 32.4 Å². The van der Waals surface area contributed by atoms with Gasteiger partial charge in [-0.2, -0.15) is 4.31 Å². The van der Waals surface area contributed by atoms with Gasteiger partial charge >= 0.3 is 6.36 Å². The van der Waals surface area contributed by atoms with Gasteiger partial charge in [0.2, 0.25) is 15.9 Å². The molecular formula is C25H30Cl2F3N3O4S. The highest BCUT2D eigenvalue weighted by molar-refractivity contribution is 7.88. The molecule has 0 bridgehead atoms. The van der Waals surface area contributed by atoms with Gasteiger partial charge in [0.15, 0.2) is 0 Å². The van der Waals surface area contributed by atoms with Crippen molar-refractivity contribution in [2.24, 2.45) is 0 Å². The number of benzene rings is 2. The molecule has 0 saturated carbocycles. The standard InChI is InChI=1S/C25H30Cl2F3N3O4S/c1-17-16-32(12-13-33(17)38(3,35)36)11-10-24(2,19-6-9-21(26)22(27)14-19)23(34)31-15-18-4-7-20(8-5-18)37-25(28,29)30/h4-9,14,17H,10-13,15-16H2,1-3H3,(H,31,34)/t17-,24?/m0/s1. The zero-order chi connectivity index (χ0) is 28.3. The SMILES string of the molecule is C[C@H]1CN(CCC(C)(C(=O)NCc2ccc(OC(F)(F)F)cc2)c2ccc(Cl)c(Cl)c2)CCN1S(C)(=O)=O. The summed E-state index contributed by atoms with van der Waals surface area (Å²) in [5.41, 5.74) is 0.223. The molecule has 1 aliphatic heterocycles. The van der Waals surface area contributed by atoms with Crippen molar-refractivity contribution in [3.63, 3.8) is 0 Å². The Kier molecular flexibility index (Phi) is 9.63. The zero-order valence-electron chi connectivity index (χ0n) is 21.2. The van der Waals surface area contributed by atoms with Crippen molar-refractivity contribution < 1.29 is 31.1 Å². The monoisotopic (exact) mass is 595 g/mol. The van der Waals surface area contributed by atoms with Gasteiger partial charge in [0.25, 0.3) is 0 Å². The number of rotatable bonds is 9. The van der Waals surface area contributed by atoms with Crippen LogP contribution >= 0.6 is 23.2 Å². The number of nitrogens with one attached hydrogen (secondary N) is 1. The lowest BCUT2D eigenvalue weighted by atomic mass is 9.78. The fraction of sp³-hybridized carbons (Fsp3) is 0.480. The lowest BCUT2D eigenvalue weighted by Gasteiger charge is -2.40. The van der Waals surface area contributed by atoms with E-state index in [2.05, 4.69) is 15.0 Å². The highest BCUT2D eigenvalue weighted by Crippen LogP contribution is 2.34. The first-order chi connectivity index (χ1) is 17.6. The first kappa shape index (κ1) is 30.5. The molecule has 3 rings (SSSR count). The molecule has 1 aliphatic rings. The van der Waals surface area contributed by atoms with Gasteiger partial charge in [0.05, 0.1) is 21.7 Å². The van der Waals surface area contributed by atoms with E-state index in [0.29, 0.717) is 53.8 Å². The Morgan fingerprint density at radius 1 is 1.11 bits per heavy atom. The second-order valence-electron chi connectivity index (χ2n) is 9.61. The van der Waals surface area contributed by atoms with Gasteiger partial charge in [-0.05, 0) is 62.2 Å². The molecule has 2 atom stereocenters. The third-order valence-electron chi connectivity index (χ3n) is 6.67. The Labute approximate surface area is 230 Å². The summed E-state index contributed by atoms with van der Waals surface area (Å²) in [7, 11) is -3.30. The molecule has 2 aromatic carbocycles. The summed E-state index contributed by atoms with van der Waals surface area (Å²) in [6.45, 7) is 5.67. The molecule has 1 saturated heterocycles. The number of carbonyl (C=O) groups is 1. The normalized spacial score (nSPS) is 19.1. The fourth-order valence-electron chi connectivity index (χ4n) is 4.51. The minimum Gasteiger partial charge on any atom is -0.406 e. The first-order valence-electron chi connectivity index (χ1n) is 11.9. The van der Waals surface area contributed by atoms with Crippen LogP contribution in [-0.4, -0.2) is 68.4 Å². The van der Waals surface area contributed by atoms with Crippen LogP contribution in [0.5, 0.6) is 5.75 Å². The predicted octanol–water partition coefficient (Wildman–Crippen LogP) is 4.82. The second kappa shape index (κ2) is 12.0. The molecule has 1 fully saturated rings. The molecule has 1 amide bonds. The largest absolute Gasteiger partial charge is 0.573 e. The zero-order valence-corrected chi connectivity index (χ0v) is 23.5. The van der Waals surface area contributed by atoms with Crippen LogP contribution in [0.15, 0.2) is 42.5 Å². The van der Waals surface area contributed by atoms with E-state index in [1.165, 1.54) is 34.8 Å². The van der Waals surface area contributed by atoms with E-state index < -0.39 is 21.8 Å². The van der Waals surface area contributed by atoms with Crippen LogP contribution in [0, 0.1) is 0 Å². The van der Waals surface area contributed by atoms with Gasteiger partial charge in [0, 0.05) is 32.2 Å². The number of sulfonamides is 1. The minimum absolute atomic E-state index is 0.0894. The molecule has 7 nitrogen and oxygen atoms in total. The molecule has 1 heterocycles. The number of nitrogens with zero attached hydrogens (tertiary/aromatic N) is 2. The van der Waals surface area contributed by atoms with E-state index in [1.807, 2.05) is 6.92 Å². The highest BCUT2D eigenvalue weighted by Gasteiger charge is 2.37. The molecular weight excluding hydrogens is 566 g/mol. The van der Waals surface area contributed by atoms with Gasteiger partial charge in [-0.25, -0.2) is 8.42 Å². The fourth-order valence-corrected chi connectivity index (χ4v) is 5.94. The van der Waals surface area contributed by atoms with Gasteiger partial charge in [-0.15, -0.1) is 13.2 Å². The number of alkyl halides is 3. The molecule has 38 heavy (non-hydrogen) atoms. The van der Waals surface area contributed by atoms with Crippen LogP contribution in [-0.2, 0) is 26.8 Å². The van der Waals surface area contributed by atoms with E-state index >= 15 is 0 Å². The van der Waals surface area contributed by atoms with Crippen molar-refractivity contribution in [3.05, 3.63) is 63.6 Å². The van der Waals surface area contributed by atoms with E-state index in [1.54, 1.807) is 25.1 Å². The number of hydrogen-bond acceptors (Lipinski definition) is 5. The highest BCUT2D eigenvalue weighted by atomic mass is 35.5. The third kappa shape index (κ3) is 7.98. The molecule has 1 unspecified atom stereocenters. The van der Waals surface area contributed by atoms with E-state index in [9.17, 15) is 26.4 Å². The van der Waals surface area contributed by atoms with Crippen LogP contribution in [0.1, 0.15) is 31.4 Å². The van der Waals surface area contributed by atoms with Gasteiger partial charge < -0.3 is 15.0 Å². The van der Waals surface area contributed by atoms with E-state index in [-0.39, 0.29) is 24.2 Å². The van der Waals surface area contributed by atoms with Crippen molar-refractivity contribution in [1.82, 2.24) is 14.5 Å². The van der Waals surface area contributed by atoms with Crippen LogP contribution in [0.25, 0.3) is 0 Å². The lowest BCUT2D eigenvalue weighted by Crippen LogP contribution is -2.54. The van der Waals surface area contributed by atoms with Crippen molar-refractivity contribution in [2.45, 2.75) is 44.6 Å². The quantitative estimate of drug-likeness (QED) is 0.449. The summed E-state index contributed by atoms with van der Waals surface area (Å²) in [6, 6.07) is 10.1. The summed E-state index contributed by atoms with van der Waals surface area (Å²) in [6.07, 6.45) is -3.19. The van der Waals surface area contributed by atoms with Crippen molar-refractivity contribution in [1.29, 1.82) is 0 Å². The Morgan fingerprint density at radius 2 is 1.76 bits per heavy atom. The number of halogens is 5. The van der Waals surface area contributed by atoms with Gasteiger partial charge in [-0.1, -0.05) is 41.4 Å². The summed E-state index contributed by atoms with van der Waals surface area (Å²) in [4.78, 5) is 15.7. The number of piperazine rings is 1. The molecule has 0 spiro atoms. The molecule has 2 aromatic rings. The Hall–Kier alpha value is -2.05. The molecule has 210 valence electrons. The molecule has 13 heteroatoms. The van der Waals surface area contributed by atoms with Crippen molar-refractivity contribution in [3.8, 4) is 5.75 Å². The average molecular weight is 596 g/mol. The maximum Gasteiger partial charge on any atom is 0.573 e. The smallest absolute Gasteiger partial charge is 0.406 e. The van der Waals surface area contributed by atoms with Gasteiger partial charge in [0.1, 0.15) is 5.75 Å². The minimum atomic E-state index is -4.79. The maximum absolute atomic E-state index is 13.5. The second-order valence-corrected chi connectivity index (χ2v) is 12.4. The third-order valence-corrected chi connectivity index (χ3v) is 8.81. The molecule has 1 N–H and O–H groups in total. The number of amides is 1. The lowest BCUT2D eigenvalue weighted by molar-refractivity contribution is -0.274. The Bertz CT molecular complexity index is 1250. The van der Waals surface area contributed by atoms with E-state index in [4.69, 9.17) is 23.2 Å². The molecule has 0 radical (unpaired) electrons. The van der Waals surface area contributed by atoms with Crippen LogP contribution in [0.2, 0.25) is 10.0 Å².